The Kier molecular flexibility index (Phi) is 2.55. The first-order valence-corrected chi connectivity index (χ1v) is 5.25. The maximum Gasteiger partial charge on any atom is 0.126 e. The van der Waals surface area contributed by atoms with Crippen molar-refractivity contribution in [1.82, 2.24) is 5.32 Å². The van der Waals surface area contributed by atoms with Crippen molar-refractivity contribution in [3.8, 4) is 0 Å². The van der Waals surface area contributed by atoms with E-state index in [0.29, 0.717) is 6.04 Å². The largest absolute Gasteiger partial charge is 0.310 e. The van der Waals surface area contributed by atoms with E-state index >= 15 is 0 Å². The van der Waals surface area contributed by atoms with E-state index in [1.807, 2.05) is 6.07 Å². The summed E-state index contributed by atoms with van der Waals surface area (Å²) in [6.07, 6.45) is 1.91. The third-order valence-electron chi connectivity index (χ3n) is 3.00. The quantitative estimate of drug-likeness (QED) is 0.761. The first kappa shape index (κ1) is 9.66. The molecule has 0 amide bonds. The summed E-state index contributed by atoms with van der Waals surface area (Å²) in [7, 11) is 0. The Labute approximate surface area is 84.3 Å². The van der Waals surface area contributed by atoms with Crippen LogP contribution < -0.4 is 5.32 Å². The van der Waals surface area contributed by atoms with Crippen LogP contribution in [0.4, 0.5) is 4.39 Å². The van der Waals surface area contributed by atoms with Gasteiger partial charge in [-0.25, -0.2) is 4.39 Å². The van der Waals surface area contributed by atoms with Gasteiger partial charge < -0.3 is 5.32 Å². The highest BCUT2D eigenvalue weighted by Crippen LogP contribution is 2.34. The van der Waals surface area contributed by atoms with Crippen LogP contribution in [0.2, 0.25) is 0 Å². The molecule has 2 heteroatoms. The van der Waals surface area contributed by atoms with Crippen molar-refractivity contribution in [3.05, 3.63) is 34.6 Å². The molecule has 0 bridgehead atoms. The average Bonchev–Trinajstić information content (AvgIpc) is 2.58. The number of nitrogens with one attached hydrogen (secondary N) is 1. The second kappa shape index (κ2) is 3.70. The van der Waals surface area contributed by atoms with Crippen LogP contribution in [0.15, 0.2) is 12.1 Å². The van der Waals surface area contributed by atoms with E-state index in [2.05, 4.69) is 19.2 Å². The number of halogens is 1. The second-order valence-electron chi connectivity index (χ2n) is 3.91. The molecule has 76 valence electrons. The standard InChI is InChI=1S/C12H16FN/c1-3-14-11-7-5-9-10(13)6-4-8(2)12(9)11/h4,6,11,14H,3,5,7H2,1-2H3. The third-order valence-corrected chi connectivity index (χ3v) is 3.00. The Morgan fingerprint density at radius 3 is 3.00 bits per heavy atom. The van der Waals surface area contributed by atoms with Gasteiger partial charge in [-0.15, -0.1) is 0 Å². The van der Waals surface area contributed by atoms with E-state index in [1.165, 1.54) is 11.1 Å². The maximum absolute atomic E-state index is 13.5. The fourth-order valence-electron chi connectivity index (χ4n) is 2.38. The lowest BCUT2D eigenvalue weighted by Crippen LogP contribution is -2.19. The summed E-state index contributed by atoms with van der Waals surface area (Å²) in [5.41, 5.74) is 3.34. The Morgan fingerprint density at radius 2 is 2.29 bits per heavy atom. The molecule has 0 fully saturated rings. The highest BCUT2D eigenvalue weighted by molar-refractivity contribution is 5.41. The van der Waals surface area contributed by atoms with Crippen LogP contribution in [0.1, 0.15) is 36.1 Å². The lowest BCUT2D eigenvalue weighted by molar-refractivity contribution is 0.547. The Bertz CT molecular complexity index is 346. The number of aryl methyl sites for hydroxylation is 1. The monoisotopic (exact) mass is 193 g/mol. The molecule has 0 heterocycles. The van der Waals surface area contributed by atoms with Crippen LogP contribution in [0.3, 0.4) is 0 Å². The molecule has 1 aromatic rings. The molecule has 0 aromatic heterocycles. The van der Waals surface area contributed by atoms with Gasteiger partial charge in [0.05, 0.1) is 0 Å². The van der Waals surface area contributed by atoms with Crippen LogP contribution in [-0.4, -0.2) is 6.54 Å². The highest BCUT2D eigenvalue weighted by atomic mass is 19.1. The van der Waals surface area contributed by atoms with Crippen LogP contribution >= 0.6 is 0 Å². The molecule has 0 saturated heterocycles. The van der Waals surface area contributed by atoms with Crippen molar-refractivity contribution >= 4 is 0 Å². The van der Waals surface area contributed by atoms with E-state index in [9.17, 15) is 4.39 Å². The fraction of sp³-hybridized carbons (Fsp3) is 0.500. The molecule has 1 nitrogen and oxygen atoms in total. The molecular weight excluding hydrogens is 177 g/mol. The third kappa shape index (κ3) is 1.44. The lowest BCUT2D eigenvalue weighted by Gasteiger charge is -2.14. The summed E-state index contributed by atoms with van der Waals surface area (Å²) in [6.45, 7) is 5.10. The molecule has 1 atom stereocenters. The van der Waals surface area contributed by atoms with Gasteiger partial charge in [0, 0.05) is 6.04 Å². The zero-order valence-electron chi connectivity index (χ0n) is 8.73. The molecule has 0 radical (unpaired) electrons. The van der Waals surface area contributed by atoms with Crippen LogP contribution in [0.5, 0.6) is 0 Å². The number of hydrogen-bond donors (Lipinski definition) is 1. The average molecular weight is 193 g/mol. The minimum atomic E-state index is -0.0361. The molecule has 1 aromatic carbocycles. The zero-order chi connectivity index (χ0) is 10.1. The van der Waals surface area contributed by atoms with Gasteiger partial charge in [-0.05, 0) is 49.1 Å². The van der Waals surface area contributed by atoms with E-state index in [4.69, 9.17) is 0 Å². The fourth-order valence-corrected chi connectivity index (χ4v) is 2.38. The molecule has 1 aliphatic carbocycles. The van der Waals surface area contributed by atoms with E-state index in [-0.39, 0.29) is 5.82 Å². The minimum absolute atomic E-state index is 0.0361. The molecule has 1 unspecified atom stereocenters. The highest BCUT2D eigenvalue weighted by Gasteiger charge is 2.25. The minimum Gasteiger partial charge on any atom is -0.310 e. The molecule has 0 saturated carbocycles. The summed E-state index contributed by atoms with van der Waals surface area (Å²) < 4.78 is 13.5. The molecular formula is C12H16FN. The molecule has 1 aliphatic rings. The Morgan fingerprint density at radius 1 is 1.50 bits per heavy atom. The maximum atomic E-state index is 13.5. The summed E-state index contributed by atoms with van der Waals surface area (Å²) in [5.74, 6) is -0.0361. The van der Waals surface area contributed by atoms with Gasteiger partial charge in [0.2, 0.25) is 0 Å². The van der Waals surface area contributed by atoms with Crippen molar-refractivity contribution in [1.29, 1.82) is 0 Å². The van der Waals surface area contributed by atoms with E-state index in [0.717, 1.165) is 24.9 Å². The normalized spacial score (nSPS) is 19.8. The topological polar surface area (TPSA) is 12.0 Å². The zero-order valence-corrected chi connectivity index (χ0v) is 8.73. The van der Waals surface area contributed by atoms with Crippen molar-refractivity contribution in [2.24, 2.45) is 0 Å². The SMILES string of the molecule is CCNC1CCc2c(F)ccc(C)c21. The van der Waals surface area contributed by atoms with Crippen molar-refractivity contribution in [2.45, 2.75) is 32.7 Å². The summed E-state index contributed by atoms with van der Waals surface area (Å²) in [5, 5.41) is 3.40. The van der Waals surface area contributed by atoms with E-state index in [1.54, 1.807) is 6.07 Å². The van der Waals surface area contributed by atoms with Gasteiger partial charge in [-0.1, -0.05) is 13.0 Å². The van der Waals surface area contributed by atoms with Gasteiger partial charge in [0.25, 0.3) is 0 Å². The van der Waals surface area contributed by atoms with Crippen LogP contribution in [0.25, 0.3) is 0 Å². The Hall–Kier alpha value is -0.890. The smallest absolute Gasteiger partial charge is 0.126 e. The predicted molar refractivity (Wildman–Crippen MR) is 55.9 cm³/mol. The molecule has 0 aliphatic heterocycles. The van der Waals surface area contributed by atoms with Crippen molar-refractivity contribution in [2.75, 3.05) is 6.54 Å². The first-order valence-electron chi connectivity index (χ1n) is 5.25. The van der Waals surface area contributed by atoms with Gasteiger partial charge in [0.1, 0.15) is 5.82 Å². The number of hydrogen-bond acceptors (Lipinski definition) is 1. The second-order valence-corrected chi connectivity index (χ2v) is 3.91. The number of benzene rings is 1. The Balaban J connectivity index is 2.42. The predicted octanol–water partition coefficient (Wildman–Crippen LogP) is 2.73. The van der Waals surface area contributed by atoms with Crippen LogP contribution in [0, 0.1) is 12.7 Å². The summed E-state index contributed by atoms with van der Waals surface area (Å²) in [4.78, 5) is 0. The van der Waals surface area contributed by atoms with Gasteiger partial charge in [-0.2, -0.15) is 0 Å². The summed E-state index contributed by atoms with van der Waals surface area (Å²) in [6, 6.07) is 3.83. The van der Waals surface area contributed by atoms with Crippen LogP contribution in [-0.2, 0) is 6.42 Å². The molecule has 2 rings (SSSR count). The molecule has 14 heavy (non-hydrogen) atoms. The van der Waals surface area contributed by atoms with Crippen molar-refractivity contribution < 1.29 is 4.39 Å². The summed E-state index contributed by atoms with van der Waals surface area (Å²) >= 11 is 0. The van der Waals surface area contributed by atoms with Gasteiger partial charge >= 0.3 is 0 Å². The number of fused-ring (bicyclic) bond motifs is 1. The molecule has 1 N–H and O–H groups in total. The van der Waals surface area contributed by atoms with Gasteiger partial charge in [-0.3, -0.25) is 0 Å². The lowest BCUT2D eigenvalue weighted by atomic mass is 10.0. The first-order chi connectivity index (χ1) is 6.74. The van der Waals surface area contributed by atoms with E-state index < -0.39 is 0 Å². The number of rotatable bonds is 2. The molecule has 0 spiro atoms. The van der Waals surface area contributed by atoms with Crippen molar-refractivity contribution in [3.63, 3.8) is 0 Å². The van der Waals surface area contributed by atoms with Gasteiger partial charge in [0.15, 0.2) is 0 Å².